The molecule has 7 nitrogen and oxygen atoms in total. The topological polar surface area (TPSA) is 86.4 Å². The summed E-state index contributed by atoms with van der Waals surface area (Å²) in [6.07, 6.45) is -1.31. The van der Waals surface area contributed by atoms with E-state index in [0.29, 0.717) is 11.3 Å². The second-order valence-corrected chi connectivity index (χ2v) is 6.89. The minimum absolute atomic E-state index is 0.0913. The Morgan fingerprint density at radius 3 is 2.68 bits per heavy atom. The first-order valence-corrected chi connectivity index (χ1v) is 9.25. The molecule has 1 aliphatic rings. The molecule has 1 atom stereocenters. The lowest BCUT2D eigenvalue weighted by molar-refractivity contribution is -0.173. The van der Waals surface area contributed by atoms with E-state index in [1.165, 1.54) is 18.7 Å². The van der Waals surface area contributed by atoms with Crippen molar-refractivity contribution in [2.75, 3.05) is 26.2 Å². The Morgan fingerprint density at radius 2 is 2.04 bits per heavy atom. The van der Waals surface area contributed by atoms with E-state index in [2.05, 4.69) is 20.5 Å². The van der Waals surface area contributed by atoms with Crippen LogP contribution in [0, 0.1) is 0 Å². The molecule has 1 aromatic rings. The summed E-state index contributed by atoms with van der Waals surface area (Å²) in [7, 11) is 0. The van der Waals surface area contributed by atoms with Crippen LogP contribution >= 0.6 is 0 Å². The smallest absolute Gasteiger partial charge is 0.352 e. The molecule has 2 rings (SSSR count). The maximum atomic E-state index is 12.2. The number of likely N-dealkylation sites (tertiary alicyclic amines) is 1. The van der Waals surface area contributed by atoms with Crippen molar-refractivity contribution in [1.82, 2.24) is 25.8 Å². The van der Waals surface area contributed by atoms with Crippen LogP contribution in [0.4, 0.5) is 13.2 Å². The van der Waals surface area contributed by atoms with Gasteiger partial charge in [-0.25, -0.2) is 0 Å². The van der Waals surface area contributed by atoms with Crippen molar-refractivity contribution in [3.63, 3.8) is 0 Å². The molecule has 1 aliphatic heterocycles. The maximum absolute atomic E-state index is 12.2. The lowest BCUT2D eigenvalue weighted by Gasteiger charge is -2.31. The molecule has 0 saturated carbocycles. The van der Waals surface area contributed by atoms with Gasteiger partial charge in [-0.05, 0) is 50.6 Å². The number of carbonyl (C=O) groups excluding carboxylic acids is 2. The third-order valence-corrected chi connectivity index (χ3v) is 4.42. The van der Waals surface area contributed by atoms with Gasteiger partial charge >= 0.3 is 12.1 Å². The second-order valence-electron chi connectivity index (χ2n) is 6.89. The zero-order valence-electron chi connectivity index (χ0n) is 15.8. The van der Waals surface area contributed by atoms with Gasteiger partial charge < -0.3 is 20.9 Å². The summed E-state index contributed by atoms with van der Waals surface area (Å²) in [5.74, 6) is -2.10. The van der Waals surface area contributed by atoms with Gasteiger partial charge in [0.05, 0.1) is 12.2 Å². The number of rotatable bonds is 10. The predicted molar refractivity (Wildman–Crippen MR) is 97.1 cm³/mol. The Morgan fingerprint density at radius 1 is 1.29 bits per heavy atom. The average molecular weight is 401 g/mol. The average Bonchev–Trinajstić information content (AvgIpc) is 2.57. The summed E-state index contributed by atoms with van der Waals surface area (Å²) in [5, 5.41) is 7.69. The van der Waals surface area contributed by atoms with Crippen LogP contribution in [0.1, 0.15) is 31.0 Å². The molecule has 10 heteroatoms. The Kier molecular flexibility index (Phi) is 8.18. The number of carbonyl (C=O) groups is 2. The van der Waals surface area contributed by atoms with E-state index >= 15 is 0 Å². The standard InChI is InChI=1S/C18H26F3N5O2/c1-13(4-8-26-6-2-7-26)25-16(27)12-22-11-15-9-14(3-5-23-15)10-24-17(28)18(19,20)21/h3,5,9,13,22H,2,4,6-8,10-12H2,1H3,(H,24,28)(H,25,27). The van der Waals surface area contributed by atoms with Gasteiger partial charge in [0.15, 0.2) is 0 Å². The monoisotopic (exact) mass is 401 g/mol. The first kappa shape index (κ1) is 22.1. The second kappa shape index (κ2) is 10.4. The SMILES string of the molecule is CC(CCN1CCC1)NC(=O)CNCc1cc(CNC(=O)C(F)(F)F)ccn1. The molecule has 3 N–H and O–H groups in total. The molecule has 0 aromatic carbocycles. The Bertz CT molecular complexity index is 665. The molecular formula is C18H26F3N5O2. The molecule has 0 aliphatic carbocycles. The number of hydrogen-bond donors (Lipinski definition) is 3. The van der Waals surface area contributed by atoms with Gasteiger partial charge in [0.2, 0.25) is 5.91 Å². The zero-order chi connectivity index (χ0) is 20.6. The van der Waals surface area contributed by atoms with Crippen LogP contribution in [0.3, 0.4) is 0 Å². The van der Waals surface area contributed by atoms with Crippen LogP contribution in [0.5, 0.6) is 0 Å². The summed E-state index contributed by atoms with van der Waals surface area (Å²) >= 11 is 0. The van der Waals surface area contributed by atoms with Gasteiger partial charge in [-0.15, -0.1) is 0 Å². The van der Waals surface area contributed by atoms with E-state index in [1.807, 2.05) is 12.2 Å². The third kappa shape index (κ3) is 7.81. The van der Waals surface area contributed by atoms with E-state index in [0.717, 1.165) is 26.1 Å². The van der Waals surface area contributed by atoms with Crippen molar-refractivity contribution in [1.29, 1.82) is 0 Å². The Labute approximate surface area is 162 Å². The summed E-state index contributed by atoms with van der Waals surface area (Å²) in [6.45, 7) is 5.38. The van der Waals surface area contributed by atoms with Crippen LogP contribution in [0.25, 0.3) is 0 Å². The number of hydrogen-bond acceptors (Lipinski definition) is 5. The van der Waals surface area contributed by atoms with E-state index in [-0.39, 0.29) is 31.6 Å². The highest BCUT2D eigenvalue weighted by Gasteiger charge is 2.38. The zero-order valence-corrected chi connectivity index (χ0v) is 15.8. The van der Waals surface area contributed by atoms with Gasteiger partial charge in [0.25, 0.3) is 0 Å². The first-order valence-electron chi connectivity index (χ1n) is 9.25. The summed E-state index contributed by atoms with van der Waals surface area (Å²) in [5.41, 5.74) is 1.06. The molecular weight excluding hydrogens is 375 g/mol. The highest BCUT2D eigenvalue weighted by molar-refractivity contribution is 5.81. The van der Waals surface area contributed by atoms with Crippen LogP contribution < -0.4 is 16.0 Å². The van der Waals surface area contributed by atoms with Crippen molar-refractivity contribution in [2.24, 2.45) is 0 Å². The number of nitrogens with zero attached hydrogens (tertiary/aromatic N) is 2. The minimum atomic E-state index is -4.91. The lowest BCUT2D eigenvalue weighted by Crippen LogP contribution is -2.43. The molecule has 2 amide bonds. The van der Waals surface area contributed by atoms with Gasteiger partial charge in [-0.2, -0.15) is 13.2 Å². The molecule has 1 fully saturated rings. The van der Waals surface area contributed by atoms with Gasteiger partial charge in [0, 0.05) is 31.9 Å². The highest BCUT2D eigenvalue weighted by atomic mass is 19.4. The summed E-state index contributed by atoms with van der Waals surface area (Å²) in [4.78, 5) is 29.2. The van der Waals surface area contributed by atoms with E-state index in [4.69, 9.17) is 0 Å². The number of pyridine rings is 1. The molecule has 2 heterocycles. The van der Waals surface area contributed by atoms with Crippen LogP contribution in [0.2, 0.25) is 0 Å². The van der Waals surface area contributed by atoms with E-state index < -0.39 is 12.1 Å². The van der Waals surface area contributed by atoms with Gasteiger partial charge in [0.1, 0.15) is 0 Å². The largest absolute Gasteiger partial charge is 0.471 e. The van der Waals surface area contributed by atoms with Crippen molar-refractivity contribution in [2.45, 2.75) is 45.1 Å². The normalized spacial score (nSPS) is 15.6. The quantitative estimate of drug-likeness (QED) is 0.544. The fourth-order valence-corrected chi connectivity index (χ4v) is 2.70. The molecule has 1 saturated heterocycles. The first-order chi connectivity index (χ1) is 13.2. The molecule has 1 unspecified atom stereocenters. The third-order valence-electron chi connectivity index (χ3n) is 4.42. The summed E-state index contributed by atoms with van der Waals surface area (Å²) < 4.78 is 36.6. The van der Waals surface area contributed by atoms with Crippen LogP contribution in [0.15, 0.2) is 18.3 Å². The number of halogens is 3. The van der Waals surface area contributed by atoms with Crippen molar-refractivity contribution < 1.29 is 22.8 Å². The lowest BCUT2D eigenvalue weighted by atomic mass is 10.1. The Balaban J connectivity index is 1.66. The van der Waals surface area contributed by atoms with Gasteiger partial charge in [-0.1, -0.05) is 0 Å². The number of amides is 2. The van der Waals surface area contributed by atoms with Crippen LogP contribution in [-0.2, 0) is 22.7 Å². The molecule has 0 spiro atoms. The van der Waals surface area contributed by atoms with E-state index in [9.17, 15) is 22.8 Å². The predicted octanol–water partition coefficient (Wildman–Crippen LogP) is 0.950. The minimum Gasteiger partial charge on any atom is -0.352 e. The number of nitrogens with one attached hydrogen (secondary N) is 3. The fourth-order valence-electron chi connectivity index (χ4n) is 2.70. The van der Waals surface area contributed by atoms with E-state index in [1.54, 1.807) is 6.07 Å². The molecule has 0 bridgehead atoms. The molecule has 1 aromatic heterocycles. The van der Waals surface area contributed by atoms with Crippen molar-refractivity contribution in [3.05, 3.63) is 29.6 Å². The summed E-state index contributed by atoms with van der Waals surface area (Å²) in [6, 6.07) is 3.19. The number of aromatic nitrogens is 1. The number of alkyl halides is 3. The van der Waals surface area contributed by atoms with Crippen LogP contribution in [-0.4, -0.2) is 60.1 Å². The molecule has 0 radical (unpaired) electrons. The molecule has 28 heavy (non-hydrogen) atoms. The maximum Gasteiger partial charge on any atom is 0.471 e. The van der Waals surface area contributed by atoms with Gasteiger partial charge in [-0.3, -0.25) is 14.6 Å². The van der Waals surface area contributed by atoms with Crippen molar-refractivity contribution >= 4 is 11.8 Å². The highest BCUT2D eigenvalue weighted by Crippen LogP contribution is 2.14. The van der Waals surface area contributed by atoms with Crippen molar-refractivity contribution in [3.8, 4) is 0 Å². The molecule has 156 valence electrons. The Hall–Kier alpha value is -2.20. The fraction of sp³-hybridized carbons (Fsp3) is 0.611.